The van der Waals surface area contributed by atoms with Crippen molar-refractivity contribution in [3.63, 3.8) is 0 Å². The van der Waals surface area contributed by atoms with Crippen LogP contribution in [0.2, 0.25) is 5.02 Å². The molecule has 0 aliphatic heterocycles. The first-order valence-electron chi connectivity index (χ1n) is 6.12. The van der Waals surface area contributed by atoms with Gasteiger partial charge in [-0.1, -0.05) is 24.6 Å². The highest BCUT2D eigenvalue weighted by Gasteiger charge is 2.19. The third-order valence-corrected chi connectivity index (χ3v) is 3.96. The maximum absolute atomic E-state index is 11.5. The molecular formula is C13H20ClNO3S. The van der Waals surface area contributed by atoms with E-state index >= 15 is 0 Å². The van der Waals surface area contributed by atoms with Crippen molar-refractivity contribution in [1.29, 1.82) is 0 Å². The predicted octanol–water partition coefficient (Wildman–Crippen LogP) is 2.43. The predicted molar refractivity (Wildman–Crippen MR) is 78.7 cm³/mol. The standard InChI is InChI=1S/C13H20ClNO3S/c1-4-7-15-13(9-19(3,16)17)11-6-5-10(18-2)8-12(11)14/h5-6,8,13,15H,4,7,9H2,1-3H3. The first kappa shape index (κ1) is 16.3. The topological polar surface area (TPSA) is 55.4 Å². The highest BCUT2D eigenvalue weighted by Crippen LogP contribution is 2.28. The molecule has 1 atom stereocenters. The zero-order valence-corrected chi connectivity index (χ0v) is 13.0. The number of hydrogen-bond donors (Lipinski definition) is 1. The Hall–Kier alpha value is -0.780. The highest BCUT2D eigenvalue weighted by atomic mass is 35.5. The summed E-state index contributed by atoms with van der Waals surface area (Å²) in [7, 11) is -1.52. The second-order valence-corrected chi connectivity index (χ2v) is 7.08. The van der Waals surface area contributed by atoms with Crippen molar-refractivity contribution in [2.75, 3.05) is 25.7 Å². The molecule has 1 rings (SSSR count). The normalized spacial score (nSPS) is 13.3. The van der Waals surface area contributed by atoms with Gasteiger partial charge in [0.1, 0.15) is 15.6 Å². The van der Waals surface area contributed by atoms with Crippen LogP contribution in [-0.4, -0.2) is 34.1 Å². The van der Waals surface area contributed by atoms with E-state index in [2.05, 4.69) is 5.32 Å². The van der Waals surface area contributed by atoms with E-state index < -0.39 is 9.84 Å². The van der Waals surface area contributed by atoms with E-state index in [-0.39, 0.29) is 11.8 Å². The Labute approximate surface area is 120 Å². The fraction of sp³-hybridized carbons (Fsp3) is 0.538. The monoisotopic (exact) mass is 305 g/mol. The number of halogens is 1. The van der Waals surface area contributed by atoms with Crippen LogP contribution in [0.4, 0.5) is 0 Å². The fourth-order valence-electron chi connectivity index (χ4n) is 1.80. The molecule has 19 heavy (non-hydrogen) atoms. The maximum Gasteiger partial charge on any atom is 0.149 e. The van der Waals surface area contributed by atoms with Crippen molar-refractivity contribution in [3.05, 3.63) is 28.8 Å². The van der Waals surface area contributed by atoms with Gasteiger partial charge in [-0.05, 0) is 30.7 Å². The second-order valence-electron chi connectivity index (χ2n) is 4.49. The molecule has 0 aromatic heterocycles. The molecule has 0 aliphatic rings. The average molecular weight is 306 g/mol. The molecule has 0 saturated carbocycles. The summed E-state index contributed by atoms with van der Waals surface area (Å²) in [5.41, 5.74) is 0.779. The average Bonchev–Trinajstić information content (AvgIpc) is 2.33. The summed E-state index contributed by atoms with van der Waals surface area (Å²) in [6, 6.07) is 4.98. The number of benzene rings is 1. The smallest absolute Gasteiger partial charge is 0.149 e. The molecule has 1 aromatic rings. The van der Waals surface area contributed by atoms with Gasteiger partial charge in [-0.3, -0.25) is 0 Å². The number of ether oxygens (including phenoxy) is 1. The molecule has 1 unspecified atom stereocenters. The third kappa shape index (κ3) is 5.38. The SMILES string of the molecule is CCCNC(CS(C)(=O)=O)c1ccc(OC)cc1Cl. The summed E-state index contributed by atoms with van der Waals surface area (Å²) in [6.45, 7) is 2.77. The lowest BCUT2D eigenvalue weighted by atomic mass is 10.1. The van der Waals surface area contributed by atoms with E-state index in [0.29, 0.717) is 10.8 Å². The van der Waals surface area contributed by atoms with Crippen LogP contribution in [0.5, 0.6) is 5.75 Å². The van der Waals surface area contributed by atoms with Crippen LogP contribution in [-0.2, 0) is 9.84 Å². The van der Waals surface area contributed by atoms with Gasteiger partial charge in [0.2, 0.25) is 0 Å². The van der Waals surface area contributed by atoms with Gasteiger partial charge in [0.25, 0.3) is 0 Å². The third-order valence-electron chi connectivity index (χ3n) is 2.69. The fourth-order valence-corrected chi connectivity index (χ4v) is 3.00. The Morgan fingerprint density at radius 3 is 2.58 bits per heavy atom. The van der Waals surface area contributed by atoms with Gasteiger partial charge < -0.3 is 10.1 Å². The molecule has 1 aromatic carbocycles. The van der Waals surface area contributed by atoms with Gasteiger partial charge in [-0.25, -0.2) is 8.42 Å². The van der Waals surface area contributed by atoms with E-state index in [0.717, 1.165) is 18.5 Å². The summed E-state index contributed by atoms with van der Waals surface area (Å²) in [4.78, 5) is 0. The van der Waals surface area contributed by atoms with Gasteiger partial charge in [0, 0.05) is 17.3 Å². The van der Waals surface area contributed by atoms with Crippen molar-refractivity contribution in [2.45, 2.75) is 19.4 Å². The molecule has 0 fully saturated rings. The minimum atomic E-state index is -3.09. The molecule has 0 spiro atoms. The zero-order valence-electron chi connectivity index (χ0n) is 11.4. The summed E-state index contributed by atoms with van der Waals surface area (Å²) in [5.74, 6) is 0.682. The number of methoxy groups -OCH3 is 1. The molecule has 0 aliphatic carbocycles. The van der Waals surface area contributed by atoms with Crippen LogP contribution in [0.15, 0.2) is 18.2 Å². The molecule has 4 nitrogen and oxygen atoms in total. The molecule has 0 radical (unpaired) electrons. The molecule has 0 saturated heterocycles. The van der Waals surface area contributed by atoms with Crippen molar-refractivity contribution in [1.82, 2.24) is 5.32 Å². The quantitative estimate of drug-likeness (QED) is 0.840. The van der Waals surface area contributed by atoms with E-state index in [1.165, 1.54) is 6.26 Å². The van der Waals surface area contributed by atoms with Gasteiger partial charge in [-0.2, -0.15) is 0 Å². The van der Waals surface area contributed by atoms with Crippen LogP contribution in [0.3, 0.4) is 0 Å². The van der Waals surface area contributed by atoms with Crippen LogP contribution in [0, 0.1) is 0 Å². The second kappa shape index (κ2) is 7.12. The lowest BCUT2D eigenvalue weighted by molar-refractivity contribution is 0.414. The summed E-state index contributed by atoms with van der Waals surface area (Å²) in [6.07, 6.45) is 2.15. The Morgan fingerprint density at radius 2 is 2.11 bits per heavy atom. The number of rotatable bonds is 7. The van der Waals surface area contributed by atoms with Crippen molar-refractivity contribution in [2.24, 2.45) is 0 Å². The maximum atomic E-state index is 11.5. The molecule has 108 valence electrons. The summed E-state index contributed by atoms with van der Waals surface area (Å²) in [5, 5.41) is 3.73. The number of nitrogens with one attached hydrogen (secondary N) is 1. The molecule has 0 bridgehead atoms. The van der Waals surface area contributed by atoms with Gasteiger partial charge in [-0.15, -0.1) is 0 Å². The number of hydrogen-bond acceptors (Lipinski definition) is 4. The van der Waals surface area contributed by atoms with E-state index in [4.69, 9.17) is 16.3 Å². The van der Waals surface area contributed by atoms with Crippen molar-refractivity contribution in [3.8, 4) is 5.75 Å². The lowest BCUT2D eigenvalue weighted by Crippen LogP contribution is -2.28. The molecular weight excluding hydrogens is 286 g/mol. The van der Waals surface area contributed by atoms with Crippen molar-refractivity contribution >= 4 is 21.4 Å². The molecule has 1 N–H and O–H groups in total. The van der Waals surface area contributed by atoms with Gasteiger partial charge in [0.05, 0.1) is 12.9 Å². The van der Waals surface area contributed by atoms with Crippen LogP contribution >= 0.6 is 11.6 Å². The molecule has 0 heterocycles. The van der Waals surface area contributed by atoms with Crippen LogP contribution in [0.1, 0.15) is 24.9 Å². The van der Waals surface area contributed by atoms with E-state index in [1.54, 1.807) is 25.3 Å². The zero-order chi connectivity index (χ0) is 14.5. The van der Waals surface area contributed by atoms with E-state index in [1.807, 2.05) is 6.92 Å². The van der Waals surface area contributed by atoms with Crippen molar-refractivity contribution < 1.29 is 13.2 Å². The minimum Gasteiger partial charge on any atom is -0.497 e. The Balaban J connectivity index is 3.02. The first-order valence-corrected chi connectivity index (χ1v) is 8.55. The van der Waals surface area contributed by atoms with Gasteiger partial charge in [0.15, 0.2) is 0 Å². The van der Waals surface area contributed by atoms with Gasteiger partial charge >= 0.3 is 0 Å². The molecule has 0 amide bonds. The lowest BCUT2D eigenvalue weighted by Gasteiger charge is -2.19. The van der Waals surface area contributed by atoms with Crippen LogP contribution < -0.4 is 10.1 Å². The Bertz CT molecular complexity index is 517. The largest absolute Gasteiger partial charge is 0.497 e. The number of sulfone groups is 1. The van der Waals surface area contributed by atoms with E-state index in [9.17, 15) is 8.42 Å². The Morgan fingerprint density at radius 1 is 1.42 bits per heavy atom. The molecule has 6 heteroatoms. The first-order chi connectivity index (χ1) is 8.87. The van der Waals surface area contributed by atoms with Crippen LogP contribution in [0.25, 0.3) is 0 Å². The summed E-state index contributed by atoms with van der Waals surface area (Å²) >= 11 is 6.20. The Kier molecular flexibility index (Phi) is 6.10. The summed E-state index contributed by atoms with van der Waals surface area (Å²) < 4.78 is 28.1. The minimum absolute atomic E-state index is 0.0268. The highest BCUT2D eigenvalue weighted by molar-refractivity contribution is 7.90.